The zero-order valence-electron chi connectivity index (χ0n) is 13.6. The molecule has 23 heavy (non-hydrogen) atoms. The number of hydrogen-bond donors (Lipinski definition) is 2. The minimum Gasteiger partial charge on any atom is -0.357 e. The van der Waals surface area contributed by atoms with Gasteiger partial charge in [-0.1, -0.05) is 12.5 Å². The second-order valence-electron chi connectivity index (χ2n) is 5.62. The van der Waals surface area contributed by atoms with Crippen LogP contribution in [0.2, 0.25) is 0 Å². The third-order valence-electron chi connectivity index (χ3n) is 3.92. The molecule has 0 aliphatic carbocycles. The van der Waals surface area contributed by atoms with E-state index in [0.717, 1.165) is 43.7 Å². The van der Waals surface area contributed by atoms with Crippen molar-refractivity contribution in [3.63, 3.8) is 0 Å². The summed E-state index contributed by atoms with van der Waals surface area (Å²) in [5.74, 6) is 2.91. The first kappa shape index (κ1) is 16.0. The molecule has 0 spiro atoms. The molecular weight excluding hydrogens is 308 g/mol. The molecule has 7 heteroatoms. The largest absolute Gasteiger partial charge is 0.357 e. The quantitative estimate of drug-likeness (QED) is 0.651. The van der Waals surface area contributed by atoms with E-state index < -0.39 is 0 Å². The van der Waals surface area contributed by atoms with Crippen LogP contribution in [0.25, 0.3) is 0 Å². The lowest BCUT2D eigenvalue weighted by Gasteiger charge is -2.11. The Morgan fingerprint density at radius 1 is 1.30 bits per heavy atom. The van der Waals surface area contributed by atoms with Crippen molar-refractivity contribution in [1.29, 1.82) is 0 Å². The van der Waals surface area contributed by atoms with Crippen molar-refractivity contribution in [3.8, 4) is 0 Å². The minimum atomic E-state index is 0.562. The van der Waals surface area contributed by atoms with Crippen LogP contribution in [0.15, 0.2) is 22.5 Å². The molecule has 0 unspecified atom stereocenters. The van der Waals surface area contributed by atoms with Crippen LogP contribution in [0.1, 0.15) is 42.7 Å². The fourth-order valence-electron chi connectivity index (χ4n) is 2.74. The second kappa shape index (κ2) is 8.10. The number of rotatable bonds is 5. The van der Waals surface area contributed by atoms with Gasteiger partial charge in [0.25, 0.3) is 0 Å². The first-order valence-corrected chi connectivity index (χ1v) is 9.20. The average molecular weight is 332 g/mol. The van der Waals surface area contributed by atoms with Crippen molar-refractivity contribution in [1.82, 2.24) is 25.4 Å². The van der Waals surface area contributed by atoms with Gasteiger partial charge in [0.05, 0.1) is 6.54 Å². The van der Waals surface area contributed by atoms with Crippen molar-refractivity contribution in [2.45, 2.75) is 52.2 Å². The number of nitrogens with zero attached hydrogens (tertiary/aromatic N) is 4. The van der Waals surface area contributed by atoms with Crippen LogP contribution < -0.4 is 10.6 Å². The van der Waals surface area contributed by atoms with Gasteiger partial charge in [0.1, 0.15) is 12.4 Å². The number of guanidine groups is 1. The Bertz CT molecular complexity index is 631. The Labute approximate surface area is 141 Å². The van der Waals surface area contributed by atoms with Crippen molar-refractivity contribution >= 4 is 17.3 Å². The molecule has 0 saturated carbocycles. The van der Waals surface area contributed by atoms with Gasteiger partial charge >= 0.3 is 0 Å². The molecule has 1 aliphatic rings. The molecule has 1 aliphatic heterocycles. The van der Waals surface area contributed by atoms with Gasteiger partial charge < -0.3 is 15.2 Å². The molecule has 0 saturated heterocycles. The molecule has 0 amide bonds. The third-order valence-corrected chi connectivity index (χ3v) is 4.80. The van der Waals surface area contributed by atoms with Crippen LogP contribution >= 0.6 is 11.3 Å². The van der Waals surface area contributed by atoms with E-state index in [9.17, 15) is 0 Å². The van der Waals surface area contributed by atoms with E-state index in [1.165, 1.54) is 24.1 Å². The maximum absolute atomic E-state index is 4.67. The van der Waals surface area contributed by atoms with E-state index in [4.69, 9.17) is 0 Å². The van der Waals surface area contributed by atoms with Crippen molar-refractivity contribution in [2.75, 3.05) is 6.54 Å². The van der Waals surface area contributed by atoms with Gasteiger partial charge in [0.15, 0.2) is 11.8 Å². The highest BCUT2D eigenvalue weighted by Gasteiger charge is 2.14. The zero-order chi connectivity index (χ0) is 15.9. The first-order valence-electron chi connectivity index (χ1n) is 8.32. The maximum Gasteiger partial charge on any atom is 0.191 e. The number of aryl methyl sites for hydroxylation is 1. The molecule has 6 nitrogen and oxygen atoms in total. The fraction of sp³-hybridized carbons (Fsp3) is 0.562. The number of aliphatic imine (C=N–C) groups is 1. The molecular formula is C16H24N6S. The summed E-state index contributed by atoms with van der Waals surface area (Å²) in [7, 11) is 0. The SMILES string of the molecule is CCNC(=NCc1nnc2n1CCCCC2)NCc1cccs1. The highest BCUT2D eigenvalue weighted by Crippen LogP contribution is 2.14. The predicted octanol–water partition coefficient (Wildman–Crippen LogP) is 2.32. The highest BCUT2D eigenvalue weighted by molar-refractivity contribution is 7.09. The molecule has 124 valence electrons. The van der Waals surface area contributed by atoms with Crippen LogP contribution in [0.3, 0.4) is 0 Å². The Morgan fingerprint density at radius 3 is 3.09 bits per heavy atom. The molecule has 0 fully saturated rings. The van der Waals surface area contributed by atoms with Gasteiger partial charge in [-0.15, -0.1) is 21.5 Å². The second-order valence-corrected chi connectivity index (χ2v) is 6.66. The van der Waals surface area contributed by atoms with Gasteiger partial charge in [0.2, 0.25) is 0 Å². The molecule has 2 aromatic rings. The lowest BCUT2D eigenvalue weighted by molar-refractivity contribution is 0.605. The van der Waals surface area contributed by atoms with Gasteiger partial charge in [-0.25, -0.2) is 4.99 Å². The summed E-state index contributed by atoms with van der Waals surface area (Å²) in [6.45, 7) is 5.29. The van der Waals surface area contributed by atoms with E-state index in [2.05, 4.69) is 54.8 Å². The smallest absolute Gasteiger partial charge is 0.191 e. The van der Waals surface area contributed by atoms with E-state index >= 15 is 0 Å². The van der Waals surface area contributed by atoms with Gasteiger partial charge in [-0.05, 0) is 31.2 Å². The van der Waals surface area contributed by atoms with E-state index in [-0.39, 0.29) is 0 Å². The number of nitrogens with one attached hydrogen (secondary N) is 2. The molecule has 2 aromatic heterocycles. The topological polar surface area (TPSA) is 67.1 Å². The molecule has 0 radical (unpaired) electrons. The Balaban J connectivity index is 1.64. The van der Waals surface area contributed by atoms with E-state index in [0.29, 0.717) is 6.54 Å². The standard InChI is InChI=1S/C16H24N6S/c1-2-17-16(18-11-13-7-6-10-23-13)19-12-15-21-20-14-8-4-3-5-9-22(14)15/h6-7,10H,2-5,8-9,11-12H2,1H3,(H2,17,18,19). The van der Waals surface area contributed by atoms with Crippen LogP contribution in [0, 0.1) is 0 Å². The Hall–Kier alpha value is -1.89. The summed E-state index contributed by atoms with van der Waals surface area (Å²) in [6, 6.07) is 4.19. The summed E-state index contributed by atoms with van der Waals surface area (Å²) in [6.07, 6.45) is 4.73. The van der Waals surface area contributed by atoms with Crippen LogP contribution in [0.5, 0.6) is 0 Å². The highest BCUT2D eigenvalue weighted by atomic mass is 32.1. The van der Waals surface area contributed by atoms with Crippen LogP contribution in [-0.4, -0.2) is 27.3 Å². The number of thiophene rings is 1. The van der Waals surface area contributed by atoms with Crippen molar-refractivity contribution in [3.05, 3.63) is 34.0 Å². The van der Waals surface area contributed by atoms with Gasteiger partial charge in [-0.2, -0.15) is 0 Å². The minimum absolute atomic E-state index is 0.562. The summed E-state index contributed by atoms with van der Waals surface area (Å²) >= 11 is 1.75. The number of fused-ring (bicyclic) bond motifs is 1. The zero-order valence-corrected chi connectivity index (χ0v) is 14.4. The Kier molecular flexibility index (Phi) is 5.63. The van der Waals surface area contributed by atoms with Gasteiger partial charge in [0, 0.05) is 24.4 Å². The first-order chi connectivity index (χ1) is 11.4. The molecule has 0 bridgehead atoms. The monoisotopic (exact) mass is 332 g/mol. The number of hydrogen-bond acceptors (Lipinski definition) is 4. The molecule has 2 N–H and O–H groups in total. The lowest BCUT2D eigenvalue weighted by Crippen LogP contribution is -2.36. The number of aromatic nitrogens is 3. The van der Waals surface area contributed by atoms with E-state index in [1.807, 2.05) is 0 Å². The molecule has 0 atom stereocenters. The van der Waals surface area contributed by atoms with Crippen molar-refractivity contribution in [2.24, 2.45) is 4.99 Å². The third kappa shape index (κ3) is 4.31. The lowest BCUT2D eigenvalue weighted by atomic mass is 10.2. The van der Waals surface area contributed by atoms with Crippen molar-refractivity contribution < 1.29 is 0 Å². The predicted molar refractivity (Wildman–Crippen MR) is 93.6 cm³/mol. The Morgan fingerprint density at radius 2 is 2.26 bits per heavy atom. The summed E-state index contributed by atoms with van der Waals surface area (Å²) < 4.78 is 2.25. The normalized spacial score (nSPS) is 15.1. The maximum atomic E-state index is 4.67. The fourth-order valence-corrected chi connectivity index (χ4v) is 3.38. The van der Waals surface area contributed by atoms with E-state index in [1.54, 1.807) is 11.3 Å². The molecule has 3 rings (SSSR count). The van der Waals surface area contributed by atoms with Crippen LogP contribution in [0.4, 0.5) is 0 Å². The average Bonchev–Trinajstić information content (AvgIpc) is 3.15. The summed E-state index contributed by atoms with van der Waals surface area (Å²) in [4.78, 5) is 5.97. The molecule has 3 heterocycles. The van der Waals surface area contributed by atoms with Crippen LogP contribution in [-0.2, 0) is 26.1 Å². The van der Waals surface area contributed by atoms with Gasteiger partial charge in [-0.3, -0.25) is 0 Å². The summed E-state index contributed by atoms with van der Waals surface area (Å²) in [5, 5.41) is 17.4. The molecule has 0 aromatic carbocycles. The summed E-state index contributed by atoms with van der Waals surface area (Å²) in [5.41, 5.74) is 0.